The molecule has 0 atom stereocenters. The van der Waals surface area contributed by atoms with Crippen molar-refractivity contribution >= 4 is 17.4 Å². The van der Waals surface area contributed by atoms with Crippen LogP contribution in [0.1, 0.15) is 43.0 Å². The van der Waals surface area contributed by atoms with Crippen LogP contribution in [0.15, 0.2) is 67.8 Å². The average molecular weight is 613 g/mol. The van der Waals surface area contributed by atoms with Gasteiger partial charge in [-0.25, -0.2) is 9.37 Å². The summed E-state index contributed by atoms with van der Waals surface area (Å²) >= 11 is 0. The molecule has 5 rings (SSSR count). The summed E-state index contributed by atoms with van der Waals surface area (Å²) in [5.74, 6) is 0.807. The van der Waals surface area contributed by atoms with E-state index in [2.05, 4.69) is 25.0 Å². The summed E-state index contributed by atoms with van der Waals surface area (Å²) in [4.78, 5) is 19.6. The number of piperidine rings is 1. The first-order chi connectivity index (χ1) is 21.7. The Morgan fingerprint density at radius 1 is 1.09 bits per heavy atom. The van der Waals surface area contributed by atoms with Gasteiger partial charge in [0.25, 0.3) is 0 Å². The number of carbonyl (C=O) groups excluding carboxylic acids is 1. The van der Waals surface area contributed by atoms with Gasteiger partial charge in [0.2, 0.25) is 0 Å². The number of methoxy groups -OCH3 is 1. The van der Waals surface area contributed by atoms with Gasteiger partial charge in [-0.1, -0.05) is 30.4 Å². The van der Waals surface area contributed by atoms with E-state index >= 15 is 0 Å². The van der Waals surface area contributed by atoms with Crippen molar-refractivity contribution in [3.8, 4) is 28.1 Å². The summed E-state index contributed by atoms with van der Waals surface area (Å²) in [6.07, 6.45) is 5.94. The van der Waals surface area contributed by atoms with E-state index in [9.17, 15) is 9.18 Å². The SMILES string of the molecule is C=CCCOc1ccc(F)c(C)c1-c1cccc(-c2cc3nc(C)c(CC(=O)OC)c(N4CCC(C)(OCC=C)CC4)n3n2)c1. The number of fused-ring (bicyclic) bond motifs is 1. The molecule has 0 saturated carbocycles. The molecule has 45 heavy (non-hydrogen) atoms. The van der Waals surface area contributed by atoms with Crippen molar-refractivity contribution in [1.29, 1.82) is 0 Å². The van der Waals surface area contributed by atoms with E-state index in [4.69, 9.17) is 24.3 Å². The van der Waals surface area contributed by atoms with E-state index in [0.29, 0.717) is 47.9 Å². The van der Waals surface area contributed by atoms with Crippen molar-refractivity contribution in [3.05, 3.63) is 90.4 Å². The van der Waals surface area contributed by atoms with E-state index < -0.39 is 0 Å². The fourth-order valence-corrected chi connectivity index (χ4v) is 5.85. The van der Waals surface area contributed by atoms with Crippen molar-refractivity contribution in [2.75, 3.05) is 38.3 Å². The van der Waals surface area contributed by atoms with Crippen molar-refractivity contribution in [2.24, 2.45) is 0 Å². The number of hydrogen-bond donors (Lipinski definition) is 0. The number of aromatic nitrogens is 3. The number of esters is 1. The topological polar surface area (TPSA) is 78.2 Å². The van der Waals surface area contributed by atoms with Crippen LogP contribution >= 0.6 is 0 Å². The fraction of sp³-hybridized carbons (Fsp3) is 0.361. The lowest BCUT2D eigenvalue weighted by atomic mass is 9.93. The van der Waals surface area contributed by atoms with Gasteiger partial charge in [-0.05, 0) is 69.4 Å². The van der Waals surface area contributed by atoms with E-state index in [-0.39, 0.29) is 23.8 Å². The number of nitrogens with zero attached hydrogens (tertiary/aromatic N) is 4. The molecule has 9 heteroatoms. The monoisotopic (exact) mass is 612 g/mol. The Morgan fingerprint density at radius 3 is 2.56 bits per heavy atom. The van der Waals surface area contributed by atoms with Crippen LogP contribution in [0, 0.1) is 19.7 Å². The number of ether oxygens (including phenoxy) is 3. The maximum absolute atomic E-state index is 14.8. The lowest BCUT2D eigenvalue weighted by Gasteiger charge is -2.40. The van der Waals surface area contributed by atoms with Gasteiger partial charge >= 0.3 is 5.97 Å². The molecule has 0 amide bonds. The Balaban J connectivity index is 1.58. The fourth-order valence-electron chi connectivity index (χ4n) is 5.85. The van der Waals surface area contributed by atoms with Gasteiger partial charge in [-0.3, -0.25) is 4.79 Å². The second-order valence-corrected chi connectivity index (χ2v) is 11.6. The second kappa shape index (κ2) is 13.6. The van der Waals surface area contributed by atoms with E-state index in [1.807, 2.05) is 41.8 Å². The molecule has 0 aliphatic carbocycles. The minimum atomic E-state index is -0.340. The molecule has 2 aromatic carbocycles. The minimum absolute atomic E-state index is 0.0828. The number of rotatable bonds is 12. The van der Waals surface area contributed by atoms with Gasteiger partial charge in [-0.2, -0.15) is 9.61 Å². The molecular formula is C36H41FN4O4. The maximum atomic E-state index is 14.8. The predicted octanol–water partition coefficient (Wildman–Crippen LogP) is 7.05. The van der Waals surface area contributed by atoms with E-state index in [1.54, 1.807) is 25.1 Å². The molecule has 1 aliphatic heterocycles. The molecule has 3 heterocycles. The van der Waals surface area contributed by atoms with Crippen molar-refractivity contribution in [1.82, 2.24) is 14.6 Å². The van der Waals surface area contributed by atoms with E-state index in [0.717, 1.165) is 54.1 Å². The number of anilines is 1. The number of aryl methyl sites for hydroxylation is 1. The maximum Gasteiger partial charge on any atom is 0.310 e. The molecule has 2 aromatic heterocycles. The minimum Gasteiger partial charge on any atom is -0.493 e. The van der Waals surface area contributed by atoms with Crippen LogP contribution in [0.25, 0.3) is 28.0 Å². The largest absolute Gasteiger partial charge is 0.493 e. The molecule has 1 saturated heterocycles. The van der Waals surface area contributed by atoms with Crippen LogP contribution < -0.4 is 9.64 Å². The first-order valence-corrected chi connectivity index (χ1v) is 15.3. The highest BCUT2D eigenvalue weighted by Crippen LogP contribution is 2.38. The summed E-state index contributed by atoms with van der Waals surface area (Å²) < 4.78 is 33.8. The van der Waals surface area contributed by atoms with Crippen LogP contribution in [0.2, 0.25) is 0 Å². The zero-order valence-electron chi connectivity index (χ0n) is 26.6. The Morgan fingerprint density at radius 2 is 1.84 bits per heavy atom. The molecule has 0 N–H and O–H groups in total. The molecule has 8 nitrogen and oxygen atoms in total. The van der Waals surface area contributed by atoms with E-state index in [1.165, 1.54) is 13.2 Å². The van der Waals surface area contributed by atoms with Gasteiger partial charge < -0.3 is 19.1 Å². The van der Waals surface area contributed by atoms with Crippen LogP contribution in [-0.4, -0.2) is 59.6 Å². The third-order valence-corrected chi connectivity index (χ3v) is 8.49. The molecule has 1 aliphatic rings. The molecule has 0 spiro atoms. The first kappa shape index (κ1) is 31.9. The molecular weight excluding hydrogens is 571 g/mol. The normalized spacial score (nSPS) is 14.4. The number of halogens is 1. The van der Waals surface area contributed by atoms with Gasteiger partial charge in [-0.15, -0.1) is 13.2 Å². The Kier molecular flexibility index (Phi) is 9.68. The molecule has 4 aromatic rings. The molecule has 1 fully saturated rings. The van der Waals surface area contributed by atoms with Gasteiger partial charge in [0.15, 0.2) is 5.65 Å². The Bertz CT molecular complexity index is 1720. The lowest BCUT2D eigenvalue weighted by Crippen LogP contribution is -2.45. The van der Waals surface area contributed by atoms with Gasteiger partial charge in [0.05, 0.1) is 38.0 Å². The summed E-state index contributed by atoms with van der Waals surface area (Å²) in [7, 11) is 1.39. The quantitative estimate of drug-likeness (QED) is 0.0964. The molecule has 0 unspecified atom stereocenters. The van der Waals surface area contributed by atoms with Crippen LogP contribution in [0.3, 0.4) is 0 Å². The molecule has 236 valence electrons. The summed E-state index contributed by atoms with van der Waals surface area (Å²) in [6, 6.07) is 12.9. The zero-order valence-corrected chi connectivity index (χ0v) is 26.6. The van der Waals surface area contributed by atoms with Crippen molar-refractivity contribution < 1.29 is 23.4 Å². The van der Waals surface area contributed by atoms with Crippen LogP contribution in [0.5, 0.6) is 5.75 Å². The highest BCUT2D eigenvalue weighted by Gasteiger charge is 2.33. The van der Waals surface area contributed by atoms with Crippen LogP contribution in [0.4, 0.5) is 10.2 Å². The third kappa shape index (κ3) is 6.78. The summed E-state index contributed by atoms with van der Waals surface area (Å²) in [6.45, 7) is 15.7. The smallest absolute Gasteiger partial charge is 0.310 e. The number of carbonyl (C=O) groups is 1. The van der Waals surface area contributed by atoms with Crippen molar-refractivity contribution in [2.45, 2.75) is 52.1 Å². The van der Waals surface area contributed by atoms with Crippen molar-refractivity contribution in [3.63, 3.8) is 0 Å². The third-order valence-electron chi connectivity index (χ3n) is 8.49. The lowest BCUT2D eigenvalue weighted by molar-refractivity contribution is -0.139. The summed E-state index contributed by atoms with van der Waals surface area (Å²) in [5, 5.41) is 5.04. The highest BCUT2D eigenvalue weighted by atomic mass is 19.1. The summed E-state index contributed by atoms with van der Waals surface area (Å²) in [5.41, 5.74) is 5.53. The first-order valence-electron chi connectivity index (χ1n) is 15.3. The van der Waals surface area contributed by atoms with Gasteiger partial charge in [0, 0.05) is 41.5 Å². The standard InChI is InChI=1S/C36H41FN4O4/c1-7-9-20-44-31-14-13-29(37)24(3)34(31)27-12-10-11-26(21-27)30-23-32-38-25(4)28(22-33(42)43-6)35(41(32)39-30)40-17-15-36(5,16-18-40)45-19-8-2/h7-8,10-14,21,23H,1-2,9,15-20,22H2,3-6H3. The average Bonchev–Trinajstić information content (AvgIpc) is 3.46. The zero-order chi connectivity index (χ0) is 32.1. The second-order valence-electron chi connectivity index (χ2n) is 11.6. The highest BCUT2D eigenvalue weighted by molar-refractivity contribution is 5.80. The molecule has 0 radical (unpaired) electrons. The van der Waals surface area contributed by atoms with Gasteiger partial charge in [0.1, 0.15) is 17.4 Å². The number of benzene rings is 2. The Labute approximate surface area is 264 Å². The molecule has 0 bridgehead atoms. The van der Waals surface area contributed by atoms with Crippen LogP contribution in [-0.2, 0) is 20.7 Å². The number of hydrogen-bond acceptors (Lipinski definition) is 7. The predicted molar refractivity (Wildman–Crippen MR) is 175 cm³/mol. The Hall–Kier alpha value is -4.50.